The van der Waals surface area contributed by atoms with E-state index in [1.807, 2.05) is 30.8 Å². The fourth-order valence-corrected chi connectivity index (χ4v) is 4.64. The number of rotatable bonds is 4. The molecule has 1 nitrogen and oxygen atoms in total. The monoisotopic (exact) mass is 281 g/mol. The summed E-state index contributed by atoms with van der Waals surface area (Å²) in [6.45, 7) is 4.30. The van der Waals surface area contributed by atoms with Gasteiger partial charge in [-0.3, -0.25) is 0 Å². The Morgan fingerprint density at radius 2 is 2.05 bits per heavy atom. The first-order valence-electron chi connectivity index (χ1n) is 7.23. The molecule has 4 atom stereocenters. The van der Waals surface area contributed by atoms with E-state index in [2.05, 4.69) is 6.92 Å². The van der Waals surface area contributed by atoms with Gasteiger partial charge in [-0.15, -0.1) is 11.8 Å². The molecule has 1 saturated carbocycles. The van der Waals surface area contributed by atoms with Gasteiger partial charge >= 0.3 is 0 Å². The van der Waals surface area contributed by atoms with Crippen molar-refractivity contribution in [3.8, 4) is 0 Å². The minimum atomic E-state index is -0.124. The van der Waals surface area contributed by atoms with E-state index in [9.17, 15) is 4.39 Å². The van der Waals surface area contributed by atoms with Crippen molar-refractivity contribution in [2.45, 2.75) is 56.1 Å². The molecule has 0 saturated heterocycles. The van der Waals surface area contributed by atoms with Crippen LogP contribution in [0.1, 0.15) is 50.3 Å². The topological polar surface area (TPSA) is 26.0 Å². The fraction of sp³-hybridized carbons (Fsp3) is 0.625. The molecular formula is C16H24FNS. The van der Waals surface area contributed by atoms with E-state index in [0.29, 0.717) is 5.25 Å². The molecule has 1 aliphatic rings. The van der Waals surface area contributed by atoms with Crippen LogP contribution in [0.2, 0.25) is 0 Å². The van der Waals surface area contributed by atoms with Crippen LogP contribution in [0.3, 0.4) is 0 Å². The van der Waals surface area contributed by atoms with Gasteiger partial charge in [0.05, 0.1) is 0 Å². The molecule has 0 bridgehead atoms. The van der Waals surface area contributed by atoms with Gasteiger partial charge in [-0.05, 0) is 31.7 Å². The van der Waals surface area contributed by atoms with Crippen LogP contribution in [0, 0.1) is 11.7 Å². The van der Waals surface area contributed by atoms with E-state index in [1.165, 1.54) is 31.7 Å². The molecule has 2 rings (SSSR count). The van der Waals surface area contributed by atoms with Gasteiger partial charge in [-0.1, -0.05) is 38.0 Å². The fourth-order valence-electron chi connectivity index (χ4n) is 2.90. The van der Waals surface area contributed by atoms with Crippen molar-refractivity contribution in [2.24, 2.45) is 11.7 Å². The molecule has 0 heterocycles. The number of halogens is 1. The third kappa shape index (κ3) is 3.96. The zero-order valence-corrected chi connectivity index (χ0v) is 12.6. The highest BCUT2D eigenvalue weighted by atomic mass is 32.2. The van der Waals surface area contributed by atoms with Crippen molar-refractivity contribution < 1.29 is 4.39 Å². The van der Waals surface area contributed by atoms with Gasteiger partial charge in [-0.2, -0.15) is 0 Å². The van der Waals surface area contributed by atoms with E-state index >= 15 is 0 Å². The highest BCUT2D eigenvalue weighted by Crippen LogP contribution is 2.42. The Hall–Kier alpha value is -0.540. The zero-order valence-electron chi connectivity index (χ0n) is 11.8. The summed E-state index contributed by atoms with van der Waals surface area (Å²) in [5, 5.41) is 0.691. The second-order valence-electron chi connectivity index (χ2n) is 5.83. The van der Waals surface area contributed by atoms with E-state index in [4.69, 9.17) is 5.73 Å². The maximum absolute atomic E-state index is 14.0. The van der Waals surface area contributed by atoms with Crippen molar-refractivity contribution in [1.82, 2.24) is 0 Å². The Labute approximate surface area is 120 Å². The third-order valence-corrected chi connectivity index (χ3v) is 5.71. The van der Waals surface area contributed by atoms with Crippen LogP contribution >= 0.6 is 11.8 Å². The summed E-state index contributed by atoms with van der Waals surface area (Å²) in [7, 11) is 0. The van der Waals surface area contributed by atoms with Crippen LogP contribution < -0.4 is 5.73 Å². The second kappa shape index (κ2) is 6.76. The Balaban J connectivity index is 2.10. The SMILES string of the molecule is CC1CCCC(SC(c2ccccc2F)C(C)N)C1. The summed E-state index contributed by atoms with van der Waals surface area (Å²) in [5.41, 5.74) is 6.87. The first-order chi connectivity index (χ1) is 9.08. The maximum atomic E-state index is 14.0. The number of benzene rings is 1. The first kappa shape index (κ1) is 14.9. The van der Waals surface area contributed by atoms with Gasteiger partial charge in [0, 0.05) is 22.1 Å². The van der Waals surface area contributed by atoms with Crippen LogP contribution in [0.5, 0.6) is 0 Å². The lowest BCUT2D eigenvalue weighted by atomic mass is 9.90. The largest absolute Gasteiger partial charge is 0.327 e. The molecular weight excluding hydrogens is 257 g/mol. The molecule has 1 aromatic carbocycles. The first-order valence-corrected chi connectivity index (χ1v) is 8.17. The van der Waals surface area contributed by atoms with Crippen LogP contribution in [0.4, 0.5) is 4.39 Å². The average Bonchev–Trinajstić information content (AvgIpc) is 2.37. The quantitative estimate of drug-likeness (QED) is 0.877. The molecule has 0 amide bonds. The lowest BCUT2D eigenvalue weighted by Crippen LogP contribution is -2.26. The van der Waals surface area contributed by atoms with Crippen LogP contribution in [-0.4, -0.2) is 11.3 Å². The molecule has 2 N–H and O–H groups in total. The molecule has 0 radical (unpaired) electrons. The zero-order chi connectivity index (χ0) is 13.8. The number of hydrogen-bond acceptors (Lipinski definition) is 2. The van der Waals surface area contributed by atoms with Gasteiger partial charge in [0.1, 0.15) is 5.82 Å². The van der Waals surface area contributed by atoms with Crippen molar-refractivity contribution >= 4 is 11.8 Å². The Kier molecular flexibility index (Phi) is 5.28. The molecule has 1 fully saturated rings. The highest BCUT2D eigenvalue weighted by Gasteiger charge is 2.27. The maximum Gasteiger partial charge on any atom is 0.127 e. The van der Waals surface area contributed by atoms with Crippen LogP contribution in [0.25, 0.3) is 0 Å². The second-order valence-corrected chi connectivity index (χ2v) is 7.28. The highest BCUT2D eigenvalue weighted by molar-refractivity contribution is 8.00. The van der Waals surface area contributed by atoms with Gasteiger partial charge in [0.25, 0.3) is 0 Å². The summed E-state index contributed by atoms with van der Waals surface area (Å²) in [6, 6.07) is 7.03. The predicted octanol–water partition coefficient (Wildman–Crippen LogP) is 4.53. The van der Waals surface area contributed by atoms with Crippen molar-refractivity contribution in [1.29, 1.82) is 0 Å². The van der Waals surface area contributed by atoms with Crippen molar-refractivity contribution in [2.75, 3.05) is 0 Å². The minimum absolute atomic E-state index is 0.0286. The summed E-state index contributed by atoms with van der Waals surface area (Å²) < 4.78 is 14.0. The lowest BCUT2D eigenvalue weighted by Gasteiger charge is -2.31. The van der Waals surface area contributed by atoms with Gasteiger partial charge < -0.3 is 5.73 Å². The normalized spacial score (nSPS) is 26.9. The van der Waals surface area contributed by atoms with Crippen LogP contribution in [-0.2, 0) is 0 Å². The molecule has 19 heavy (non-hydrogen) atoms. The summed E-state index contributed by atoms with van der Waals surface area (Å²) in [6.07, 6.45) is 5.11. The van der Waals surface area contributed by atoms with E-state index < -0.39 is 0 Å². The molecule has 1 aromatic rings. The molecule has 4 unspecified atom stereocenters. The number of thioether (sulfide) groups is 1. The average molecular weight is 281 g/mol. The number of hydrogen-bond donors (Lipinski definition) is 1. The van der Waals surface area contributed by atoms with Crippen molar-refractivity contribution in [3.05, 3.63) is 35.6 Å². The summed E-state index contributed by atoms with van der Waals surface area (Å²) >= 11 is 1.88. The molecule has 0 aromatic heterocycles. The standard InChI is InChI=1S/C16H24FNS/c1-11-6-5-7-13(10-11)19-16(12(2)18)14-8-3-4-9-15(14)17/h3-4,8-9,11-13,16H,5-7,10,18H2,1-2H3. The van der Waals surface area contributed by atoms with Crippen molar-refractivity contribution in [3.63, 3.8) is 0 Å². The predicted molar refractivity (Wildman–Crippen MR) is 81.8 cm³/mol. The molecule has 3 heteroatoms. The smallest absolute Gasteiger partial charge is 0.127 e. The molecule has 106 valence electrons. The number of nitrogens with two attached hydrogens (primary N) is 1. The molecule has 1 aliphatic carbocycles. The van der Waals surface area contributed by atoms with E-state index in [-0.39, 0.29) is 17.1 Å². The minimum Gasteiger partial charge on any atom is -0.327 e. The third-order valence-electron chi connectivity index (χ3n) is 3.92. The van der Waals surface area contributed by atoms with E-state index in [1.54, 1.807) is 6.07 Å². The Morgan fingerprint density at radius 3 is 2.68 bits per heavy atom. The van der Waals surface area contributed by atoms with E-state index in [0.717, 1.165) is 11.5 Å². The van der Waals surface area contributed by atoms with Gasteiger partial charge in [0.15, 0.2) is 0 Å². The Morgan fingerprint density at radius 1 is 1.32 bits per heavy atom. The molecule has 0 aliphatic heterocycles. The molecule has 0 spiro atoms. The lowest BCUT2D eigenvalue weighted by molar-refractivity contribution is 0.393. The van der Waals surface area contributed by atoms with Gasteiger partial charge in [0.2, 0.25) is 0 Å². The van der Waals surface area contributed by atoms with Crippen LogP contribution in [0.15, 0.2) is 24.3 Å². The van der Waals surface area contributed by atoms with Gasteiger partial charge in [-0.25, -0.2) is 4.39 Å². The summed E-state index contributed by atoms with van der Waals surface area (Å²) in [4.78, 5) is 0. The summed E-state index contributed by atoms with van der Waals surface area (Å²) in [5.74, 6) is 0.668. The Bertz CT molecular complexity index is 407.